The normalized spacial score (nSPS) is 18.6. The van der Waals surface area contributed by atoms with Crippen molar-refractivity contribution >= 4 is 5.78 Å². The summed E-state index contributed by atoms with van der Waals surface area (Å²) in [6, 6.07) is 9.94. The molecule has 6 nitrogen and oxygen atoms in total. The molecular formula is C18H23N3O3. The minimum absolute atomic E-state index is 0.0836. The molecule has 128 valence electrons. The number of nitrogens with zero attached hydrogens (tertiary/aromatic N) is 3. The second-order valence-electron chi connectivity index (χ2n) is 6.24. The molecule has 1 aliphatic rings. The molecule has 3 rings (SSSR count). The maximum absolute atomic E-state index is 12.6. The van der Waals surface area contributed by atoms with Crippen LogP contribution in [-0.2, 0) is 29.1 Å². The van der Waals surface area contributed by atoms with Crippen LogP contribution >= 0.6 is 0 Å². The summed E-state index contributed by atoms with van der Waals surface area (Å²) in [7, 11) is 1.60. The number of ketones is 1. The second-order valence-corrected chi connectivity index (χ2v) is 6.24. The van der Waals surface area contributed by atoms with E-state index in [1.54, 1.807) is 7.11 Å². The van der Waals surface area contributed by atoms with E-state index in [0.717, 1.165) is 31.5 Å². The van der Waals surface area contributed by atoms with Crippen LogP contribution in [0.1, 0.15) is 30.1 Å². The van der Waals surface area contributed by atoms with Crippen molar-refractivity contribution in [2.75, 3.05) is 20.2 Å². The van der Waals surface area contributed by atoms with E-state index in [0.29, 0.717) is 37.1 Å². The second kappa shape index (κ2) is 8.17. The Balaban J connectivity index is 1.54. The lowest BCUT2D eigenvalue weighted by Crippen LogP contribution is -2.38. The molecule has 1 aliphatic heterocycles. The van der Waals surface area contributed by atoms with Crippen LogP contribution in [0, 0.1) is 5.92 Å². The monoisotopic (exact) mass is 329 g/mol. The summed E-state index contributed by atoms with van der Waals surface area (Å²) in [5, 5.41) is 3.88. The van der Waals surface area contributed by atoms with Gasteiger partial charge in [-0.25, -0.2) is 0 Å². The average molecular weight is 329 g/mol. The zero-order chi connectivity index (χ0) is 16.8. The molecule has 0 N–H and O–H groups in total. The van der Waals surface area contributed by atoms with Crippen molar-refractivity contribution in [2.24, 2.45) is 5.92 Å². The molecule has 1 aromatic heterocycles. The van der Waals surface area contributed by atoms with Gasteiger partial charge in [0.15, 0.2) is 5.82 Å². The first-order valence-corrected chi connectivity index (χ1v) is 8.34. The third-order valence-electron chi connectivity index (χ3n) is 4.32. The minimum atomic E-state index is 0.0836. The van der Waals surface area contributed by atoms with Crippen molar-refractivity contribution in [3.05, 3.63) is 47.6 Å². The minimum Gasteiger partial charge on any atom is -0.377 e. The third kappa shape index (κ3) is 4.49. The molecule has 6 heteroatoms. The lowest BCUT2D eigenvalue weighted by Gasteiger charge is -2.30. The molecule has 0 saturated carbocycles. The molecule has 2 heterocycles. The summed E-state index contributed by atoms with van der Waals surface area (Å²) in [6.07, 6.45) is 2.49. The van der Waals surface area contributed by atoms with Gasteiger partial charge in [-0.2, -0.15) is 4.98 Å². The summed E-state index contributed by atoms with van der Waals surface area (Å²) >= 11 is 0. The van der Waals surface area contributed by atoms with E-state index in [-0.39, 0.29) is 5.92 Å². The van der Waals surface area contributed by atoms with Gasteiger partial charge >= 0.3 is 0 Å². The highest BCUT2D eigenvalue weighted by Gasteiger charge is 2.26. The SMILES string of the molecule is COCc1noc(CN2CCC[C@@H](C(=O)Cc3ccccc3)C2)n1. The molecule has 0 aliphatic carbocycles. The lowest BCUT2D eigenvalue weighted by molar-refractivity contribution is -0.124. The van der Waals surface area contributed by atoms with E-state index in [1.165, 1.54) is 0 Å². The van der Waals surface area contributed by atoms with E-state index < -0.39 is 0 Å². The van der Waals surface area contributed by atoms with Crippen LogP contribution in [-0.4, -0.2) is 41.0 Å². The number of carbonyl (C=O) groups is 1. The van der Waals surface area contributed by atoms with Gasteiger partial charge in [-0.1, -0.05) is 35.5 Å². The van der Waals surface area contributed by atoms with E-state index in [1.807, 2.05) is 30.3 Å². The first-order chi connectivity index (χ1) is 11.7. The van der Waals surface area contributed by atoms with Gasteiger partial charge in [0, 0.05) is 26.0 Å². The molecular weight excluding hydrogens is 306 g/mol. The zero-order valence-electron chi connectivity index (χ0n) is 14.0. The number of carbonyl (C=O) groups excluding carboxylic acids is 1. The largest absolute Gasteiger partial charge is 0.377 e. The number of ether oxygens (including phenoxy) is 1. The summed E-state index contributed by atoms with van der Waals surface area (Å²) in [6.45, 7) is 2.65. The highest BCUT2D eigenvalue weighted by molar-refractivity contribution is 5.83. The molecule has 24 heavy (non-hydrogen) atoms. The van der Waals surface area contributed by atoms with Crippen molar-refractivity contribution in [2.45, 2.75) is 32.4 Å². The first-order valence-electron chi connectivity index (χ1n) is 8.34. The number of aromatic nitrogens is 2. The van der Waals surface area contributed by atoms with Gasteiger partial charge in [0.2, 0.25) is 5.89 Å². The third-order valence-corrected chi connectivity index (χ3v) is 4.32. The van der Waals surface area contributed by atoms with Gasteiger partial charge in [0.1, 0.15) is 12.4 Å². The van der Waals surface area contributed by atoms with Gasteiger partial charge in [-0.15, -0.1) is 0 Å². The highest BCUT2D eigenvalue weighted by Crippen LogP contribution is 2.20. The van der Waals surface area contributed by atoms with Crippen molar-refractivity contribution in [1.29, 1.82) is 0 Å². The smallest absolute Gasteiger partial charge is 0.240 e. The van der Waals surface area contributed by atoms with Crippen LogP contribution in [0.25, 0.3) is 0 Å². The van der Waals surface area contributed by atoms with Crippen LogP contribution in [0.4, 0.5) is 0 Å². The number of methoxy groups -OCH3 is 1. The van der Waals surface area contributed by atoms with Gasteiger partial charge < -0.3 is 9.26 Å². The van der Waals surface area contributed by atoms with Crippen LogP contribution in [0.2, 0.25) is 0 Å². The molecule has 0 bridgehead atoms. The van der Waals surface area contributed by atoms with Gasteiger partial charge in [-0.05, 0) is 24.9 Å². The van der Waals surface area contributed by atoms with Crippen LogP contribution in [0.15, 0.2) is 34.9 Å². The Morgan fingerprint density at radius 1 is 1.38 bits per heavy atom. The summed E-state index contributed by atoms with van der Waals surface area (Å²) in [5.41, 5.74) is 1.08. The molecule has 0 amide bonds. The van der Waals surface area contributed by atoms with Crippen molar-refractivity contribution < 1.29 is 14.1 Å². The quantitative estimate of drug-likeness (QED) is 0.776. The number of benzene rings is 1. The molecule has 1 aromatic carbocycles. The van der Waals surface area contributed by atoms with Gasteiger partial charge in [0.05, 0.1) is 6.54 Å². The standard InChI is InChI=1S/C18H23N3O3/c1-23-13-17-19-18(24-20-17)12-21-9-5-8-15(11-21)16(22)10-14-6-3-2-4-7-14/h2-4,6-7,15H,5,8-13H2,1H3/t15-/m1/s1. The Kier molecular flexibility index (Phi) is 5.72. The fraction of sp³-hybridized carbons (Fsp3) is 0.500. The molecule has 1 fully saturated rings. The number of rotatable bonds is 7. The van der Waals surface area contributed by atoms with E-state index >= 15 is 0 Å². The summed E-state index contributed by atoms with van der Waals surface area (Å²) in [4.78, 5) is 19.1. The predicted molar refractivity (Wildman–Crippen MR) is 88.2 cm³/mol. The number of hydrogen-bond acceptors (Lipinski definition) is 6. The molecule has 0 spiro atoms. The highest BCUT2D eigenvalue weighted by atomic mass is 16.5. The van der Waals surface area contributed by atoms with Crippen molar-refractivity contribution in [3.8, 4) is 0 Å². The Morgan fingerprint density at radius 2 is 2.21 bits per heavy atom. The van der Waals surface area contributed by atoms with E-state index in [9.17, 15) is 4.79 Å². The molecule has 0 radical (unpaired) electrons. The first kappa shape index (κ1) is 16.8. The van der Waals surface area contributed by atoms with Crippen LogP contribution in [0.5, 0.6) is 0 Å². The van der Waals surface area contributed by atoms with E-state index in [2.05, 4.69) is 15.0 Å². The van der Waals surface area contributed by atoms with Gasteiger partial charge in [0.25, 0.3) is 0 Å². The number of likely N-dealkylation sites (tertiary alicyclic amines) is 1. The lowest BCUT2D eigenvalue weighted by atomic mass is 9.90. The maximum Gasteiger partial charge on any atom is 0.240 e. The van der Waals surface area contributed by atoms with Crippen LogP contribution < -0.4 is 0 Å². The predicted octanol–water partition coefficient (Wildman–Crippen LogP) is 2.24. The molecule has 1 saturated heterocycles. The Hall–Kier alpha value is -2.05. The number of piperidine rings is 1. The Bertz CT molecular complexity index is 657. The Labute approximate surface area is 141 Å². The van der Waals surface area contributed by atoms with Gasteiger partial charge in [-0.3, -0.25) is 9.69 Å². The topological polar surface area (TPSA) is 68.5 Å². The van der Waals surface area contributed by atoms with E-state index in [4.69, 9.17) is 9.26 Å². The maximum atomic E-state index is 12.6. The Morgan fingerprint density at radius 3 is 3.00 bits per heavy atom. The molecule has 2 aromatic rings. The van der Waals surface area contributed by atoms with Crippen LogP contribution in [0.3, 0.4) is 0 Å². The fourth-order valence-corrected chi connectivity index (χ4v) is 3.14. The fourth-order valence-electron chi connectivity index (χ4n) is 3.14. The average Bonchev–Trinajstić information content (AvgIpc) is 3.03. The number of hydrogen-bond donors (Lipinski definition) is 0. The summed E-state index contributed by atoms with van der Waals surface area (Å²) in [5.74, 6) is 1.54. The van der Waals surface area contributed by atoms with Crippen molar-refractivity contribution in [3.63, 3.8) is 0 Å². The summed E-state index contributed by atoms with van der Waals surface area (Å²) < 4.78 is 10.2. The van der Waals surface area contributed by atoms with Crippen molar-refractivity contribution in [1.82, 2.24) is 15.0 Å². The zero-order valence-corrected chi connectivity index (χ0v) is 14.0. The number of Topliss-reactive ketones (excluding diaryl/α,β-unsaturated/α-hetero) is 1. The molecule has 1 atom stereocenters. The molecule has 0 unspecified atom stereocenters.